The molecule has 2 rings (SSSR count). The van der Waals surface area contributed by atoms with Gasteiger partial charge in [-0.25, -0.2) is 13.1 Å². The second-order valence-electron chi connectivity index (χ2n) is 4.49. The van der Waals surface area contributed by atoms with Gasteiger partial charge in [-0.3, -0.25) is 0 Å². The molecule has 0 radical (unpaired) electrons. The second kappa shape index (κ2) is 6.57. The first-order valence-electron chi connectivity index (χ1n) is 6.28. The van der Waals surface area contributed by atoms with Crippen molar-refractivity contribution in [2.75, 3.05) is 7.11 Å². The molecular weight excluding hydrogens is 310 g/mol. The van der Waals surface area contributed by atoms with E-state index in [1.54, 1.807) is 6.07 Å². The van der Waals surface area contributed by atoms with Gasteiger partial charge in [0.2, 0.25) is 10.0 Å². The van der Waals surface area contributed by atoms with Crippen LogP contribution in [0.3, 0.4) is 0 Å². The van der Waals surface area contributed by atoms with Gasteiger partial charge in [-0.2, -0.15) is 0 Å². The molecule has 0 unspecified atom stereocenters. The monoisotopic (exact) mass is 327 g/mol. The Labute approximate surface area is 128 Å². The number of ether oxygens (including phenoxy) is 1. The molecule has 1 aromatic carbocycles. The Morgan fingerprint density at radius 2 is 2.10 bits per heavy atom. The highest BCUT2D eigenvalue weighted by molar-refractivity contribution is 7.89. The van der Waals surface area contributed by atoms with E-state index < -0.39 is 10.0 Å². The molecule has 0 spiro atoms. The van der Waals surface area contributed by atoms with Gasteiger partial charge in [-0.15, -0.1) is 11.3 Å². The van der Waals surface area contributed by atoms with Crippen LogP contribution in [0.4, 0.5) is 0 Å². The van der Waals surface area contributed by atoms with Gasteiger partial charge in [-0.05, 0) is 41.6 Å². The van der Waals surface area contributed by atoms with Gasteiger partial charge < -0.3 is 9.84 Å². The maximum Gasteiger partial charge on any atom is 0.244 e. The van der Waals surface area contributed by atoms with Gasteiger partial charge in [0.15, 0.2) is 0 Å². The summed E-state index contributed by atoms with van der Waals surface area (Å²) in [5.41, 5.74) is 1.66. The van der Waals surface area contributed by atoms with Crippen molar-refractivity contribution in [3.63, 3.8) is 0 Å². The van der Waals surface area contributed by atoms with E-state index in [0.29, 0.717) is 5.56 Å². The first-order chi connectivity index (χ1) is 9.97. The van der Waals surface area contributed by atoms with Crippen molar-refractivity contribution in [2.24, 2.45) is 0 Å². The summed E-state index contributed by atoms with van der Waals surface area (Å²) in [5.74, 6) is 0.219. The van der Waals surface area contributed by atoms with Crippen LogP contribution >= 0.6 is 11.3 Å². The third-order valence-electron chi connectivity index (χ3n) is 3.09. The molecule has 0 aliphatic heterocycles. The Kier molecular flexibility index (Phi) is 5.00. The van der Waals surface area contributed by atoms with Crippen molar-refractivity contribution in [3.05, 3.63) is 45.6 Å². The SMILES string of the molecule is COc1cc(CO)ccc1S(=O)(=O)NCc1sccc1C. The highest BCUT2D eigenvalue weighted by atomic mass is 32.2. The molecule has 21 heavy (non-hydrogen) atoms. The van der Waals surface area contributed by atoms with Crippen molar-refractivity contribution in [3.8, 4) is 5.75 Å². The topological polar surface area (TPSA) is 75.6 Å². The van der Waals surface area contributed by atoms with E-state index in [2.05, 4.69) is 4.72 Å². The zero-order chi connectivity index (χ0) is 15.5. The van der Waals surface area contributed by atoms with E-state index >= 15 is 0 Å². The third-order valence-corrected chi connectivity index (χ3v) is 5.55. The average molecular weight is 327 g/mol. The molecule has 0 fully saturated rings. The summed E-state index contributed by atoms with van der Waals surface area (Å²) in [6.07, 6.45) is 0. The van der Waals surface area contributed by atoms with Gasteiger partial charge in [0, 0.05) is 11.4 Å². The number of hydrogen-bond donors (Lipinski definition) is 2. The van der Waals surface area contributed by atoms with Gasteiger partial charge in [0.05, 0.1) is 13.7 Å². The molecular formula is C14H17NO4S2. The number of rotatable bonds is 6. The molecule has 0 saturated heterocycles. The number of nitrogens with one attached hydrogen (secondary N) is 1. The Morgan fingerprint density at radius 1 is 1.33 bits per heavy atom. The van der Waals surface area contributed by atoms with Crippen LogP contribution in [-0.2, 0) is 23.2 Å². The lowest BCUT2D eigenvalue weighted by molar-refractivity contribution is 0.280. The largest absolute Gasteiger partial charge is 0.495 e. The van der Waals surface area contributed by atoms with E-state index in [-0.39, 0.29) is 23.8 Å². The maximum atomic E-state index is 12.4. The van der Waals surface area contributed by atoms with Crippen LogP contribution in [0.25, 0.3) is 0 Å². The lowest BCUT2D eigenvalue weighted by atomic mass is 10.2. The van der Waals surface area contributed by atoms with Crippen LogP contribution in [-0.4, -0.2) is 20.6 Å². The number of sulfonamides is 1. The van der Waals surface area contributed by atoms with Crippen LogP contribution in [0, 0.1) is 6.92 Å². The van der Waals surface area contributed by atoms with Crippen LogP contribution in [0.2, 0.25) is 0 Å². The Balaban J connectivity index is 2.25. The zero-order valence-electron chi connectivity index (χ0n) is 11.8. The molecule has 2 aromatic rings. The normalized spacial score (nSPS) is 11.6. The second-order valence-corrected chi connectivity index (χ2v) is 7.23. The minimum atomic E-state index is -3.67. The molecule has 0 atom stereocenters. The number of aryl methyl sites for hydroxylation is 1. The van der Waals surface area contributed by atoms with E-state index in [9.17, 15) is 8.42 Å². The summed E-state index contributed by atoms with van der Waals surface area (Å²) < 4.78 is 32.4. The minimum Gasteiger partial charge on any atom is -0.495 e. The van der Waals surface area contributed by atoms with E-state index in [1.807, 2.05) is 18.4 Å². The number of aliphatic hydroxyl groups is 1. The van der Waals surface area contributed by atoms with Crippen molar-refractivity contribution < 1.29 is 18.3 Å². The fourth-order valence-corrected chi connectivity index (χ4v) is 3.94. The molecule has 0 saturated carbocycles. The fraction of sp³-hybridized carbons (Fsp3) is 0.286. The average Bonchev–Trinajstić information content (AvgIpc) is 2.89. The standard InChI is InChI=1S/C14H17NO4S2/c1-10-5-6-20-13(10)8-15-21(17,18)14-4-3-11(9-16)7-12(14)19-2/h3-7,15-16H,8-9H2,1-2H3. The molecule has 0 amide bonds. The van der Waals surface area contributed by atoms with Crippen molar-refractivity contribution in [1.29, 1.82) is 0 Å². The summed E-state index contributed by atoms with van der Waals surface area (Å²) in [4.78, 5) is 1.04. The Hall–Kier alpha value is -1.41. The molecule has 0 bridgehead atoms. The van der Waals surface area contributed by atoms with Crippen LogP contribution in [0.15, 0.2) is 34.5 Å². The fourth-order valence-electron chi connectivity index (χ4n) is 1.86. The van der Waals surface area contributed by atoms with Crippen molar-refractivity contribution in [2.45, 2.75) is 25.0 Å². The number of thiophene rings is 1. The van der Waals surface area contributed by atoms with Gasteiger partial charge in [-0.1, -0.05) is 6.07 Å². The quantitative estimate of drug-likeness (QED) is 0.851. The number of methoxy groups -OCH3 is 1. The lowest BCUT2D eigenvalue weighted by Crippen LogP contribution is -2.23. The molecule has 114 valence electrons. The van der Waals surface area contributed by atoms with Gasteiger partial charge in [0.1, 0.15) is 10.6 Å². The molecule has 7 heteroatoms. The Morgan fingerprint density at radius 3 is 2.67 bits per heavy atom. The first kappa shape index (κ1) is 16.0. The van der Waals surface area contributed by atoms with Crippen LogP contribution in [0.1, 0.15) is 16.0 Å². The van der Waals surface area contributed by atoms with Crippen LogP contribution in [0.5, 0.6) is 5.75 Å². The third kappa shape index (κ3) is 3.62. The van der Waals surface area contributed by atoms with E-state index in [1.165, 1.54) is 30.6 Å². The summed E-state index contributed by atoms with van der Waals surface area (Å²) >= 11 is 1.51. The number of aliphatic hydroxyl groups excluding tert-OH is 1. The van der Waals surface area contributed by atoms with E-state index in [0.717, 1.165) is 10.4 Å². The van der Waals surface area contributed by atoms with Gasteiger partial charge in [0.25, 0.3) is 0 Å². The summed E-state index contributed by atoms with van der Waals surface area (Å²) in [5, 5.41) is 11.0. The maximum absolute atomic E-state index is 12.4. The van der Waals surface area contributed by atoms with Crippen molar-refractivity contribution in [1.82, 2.24) is 4.72 Å². The smallest absolute Gasteiger partial charge is 0.244 e. The Bertz CT molecular complexity index is 722. The molecule has 1 heterocycles. The zero-order valence-corrected chi connectivity index (χ0v) is 13.4. The molecule has 0 aliphatic carbocycles. The van der Waals surface area contributed by atoms with E-state index in [4.69, 9.17) is 9.84 Å². The molecule has 2 N–H and O–H groups in total. The first-order valence-corrected chi connectivity index (χ1v) is 8.64. The highest BCUT2D eigenvalue weighted by Crippen LogP contribution is 2.25. The molecule has 5 nitrogen and oxygen atoms in total. The lowest BCUT2D eigenvalue weighted by Gasteiger charge is -2.11. The summed E-state index contributed by atoms with van der Waals surface area (Å²) in [7, 11) is -2.27. The summed E-state index contributed by atoms with van der Waals surface area (Å²) in [6, 6.07) is 6.47. The van der Waals surface area contributed by atoms with Crippen LogP contribution < -0.4 is 9.46 Å². The predicted octanol–water partition coefficient (Wildman–Crippen LogP) is 2.04. The van der Waals surface area contributed by atoms with Gasteiger partial charge >= 0.3 is 0 Å². The number of hydrogen-bond acceptors (Lipinski definition) is 5. The molecule has 0 aliphatic rings. The van der Waals surface area contributed by atoms with Crippen molar-refractivity contribution >= 4 is 21.4 Å². The molecule has 1 aromatic heterocycles. The highest BCUT2D eigenvalue weighted by Gasteiger charge is 2.20. The summed E-state index contributed by atoms with van der Waals surface area (Å²) in [6.45, 7) is 2.02. The number of benzene rings is 1. The minimum absolute atomic E-state index is 0.0661. The predicted molar refractivity (Wildman–Crippen MR) is 82.0 cm³/mol.